The third-order valence-electron chi connectivity index (χ3n) is 8.09. The number of phenolic OH excluding ortho intramolecular Hbond substituents is 1. The molecule has 4 heteroatoms. The largest absolute Gasteiger partial charge is 0.504 e. The van der Waals surface area contributed by atoms with E-state index in [4.69, 9.17) is 4.74 Å². The van der Waals surface area contributed by atoms with E-state index in [9.17, 15) is 9.90 Å². The van der Waals surface area contributed by atoms with Gasteiger partial charge in [-0.1, -0.05) is 19.4 Å². The van der Waals surface area contributed by atoms with Crippen LogP contribution in [0.3, 0.4) is 0 Å². The molecule has 2 saturated carbocycles. The number of ether oxygens (including phenoxy) is 1. The van der Waals surface area contributed by atoms with Gasteiger partial charge in [-0.3, -0.25) is 9.69 Å². The summed E-state index contributed by atoms with van der Waals surface area (Å²) in [4.78, 5) is 15.8. The zero-order chi connectivity index (χ0) is 17.6. The number of piperidine rings is 1. The summed E-state index contributed by atoms with van der Waals surface area (Å²) in [6.07, 6.45) is 6.14. The third kappa shape index (κ3) is 1.77. The smallest absolute Gasteiger partial charge is 0.174 e. The second kappa shape index (κ2) is 5.03. The summed E-state index contributed by atoms with van der Waals surface area (Å²) in [7, 11) is 0. The molecule has 3 fully saturated rings. The Hall–Kier alpha value is -1.55. The molecule has 0 radical (unpaired) electrons. The minimum absolute atomic E-state index is 0.192. The summed E-state index contributed by atoms with van der Waals surface area (Å²) in [5.41, 5.74) is 2.32. The zero-order valence-corrected chi connectivity index (χ0v) is 15.4. The highest BCUT2D eigenvalue weighted by molar-refractivity contribution is 5.89. The normalized spacial score (nSPS) is 40.3. The molecule has 5 atom stereocenters. The van der Waals surface area contributed by atoms with E-state index in [1.54, 1.807) is 6.07 Å². The van der Waals surface area contributed by atoms with Gasteiger partial charge in [0.05, 0.1) is 0 Å². The average Bonchev–Trinajstić information content (AvgIpc) is 3.38. The summed E-state index contributed by atoms with van der Waals surface area (Å²) >= 11 is 0. The number of Topliss-reactive ketones (excluding diaryl/α,β-unsaturated/α-hetero) is 1. The van der Waals surface area contributed by atoms with Crippen molar-refractivity contribution < 1.29 is 14.6 Å². The number of hydrogen-bond donors (Lipinski definition) is 1. The van der Waals surface area contributed by atoms with Crippen molar-refractivity contribution in [1.29, 1.82) is 0 Å². The van der Waals surface area contributed by atoms with Gasteiger partial charge in [0.15, 0.2) is 23.4 Å². The lowest BCUT2D eigenvalue weighted by molar-refractivity contribution is -0.145. The van der Waals surface area contributed by atoms with Gasteiger partial charge in [0.2, 0.25) is 0 Å². The molecule has 1 aromatic rings. The average molecular weight is 353 g/mol. The molecule has 2 aliphatic heterocycles. The van der Waals surface area contributed by atoms with Crippen LogP contribution in [-0.4, -0.2) is 41.0 Å². The lowest BCUT2D eigenvalue weighted by atomic mass is 9.48. The van der Waals surface area contributed by atoms with E-state index in [1.807, 2.05) is 0 Å². The van der Waals surface area contributed by atoms with Crippen LogP contribution in [-0.2, 0) is 16.6 Å². The maximum Gasteiger partial charge on any atom is 0.174 e. The molecule has 0 amide bonds. The monoisotopic (exact) mass is 353 g/mol. The molecule has 1 aromatic carbocycles. The first kappa shape index (κ1) is 15.5. The molecule has 0 aromatic heterocycles. The Morgan fingerprint density at radius 1 is 1.31 bits per heavy atom. The molecule has 138 valence electrons. The Bertz CT molecular complexity index is 801. The van der Waals surface area contributed by atoms with Crippen LogP contribution in [0.5, 0.6) is 11.5 Å². The minimum atomic E-state index is -0.372. The summed E-state index contributed by atoms with van der Waals surface area (Å²) in [5, 5.41) is 10.4. The number of hydrogen-bond acceptors (Lipinski definition) is 4. The van der Waals surface area contributed by atoms with Crippen molar-refractivity contribution in [2.45, 2.75) is 63.0 Å². The fourth-order valence-corrected chi connectivity index (χ4v) is 6.91. The molecule has 0 unspecified atom stereocenters. The lowest BCUT2D eigenvalue weighted by Gasteiger charge is -2.60. The van der Waals surface area contributed by atoms with Crippen LogP contribution in [0, 0.1) is 17.8 Å². The standard InChI is InChI=1S/C22H27NO3/c1-2-13-10-17(25)21-22-7-8-23(11-12-3-4-12)15(18(13)22)9-14-5-6-16(24)20(26-21)19(14)22/h5-6,12-13,15,18,21,24H,2-4,7-11H2,1H3/t13-,15+,18-,21+,22-/m0/s1. The lowest BCUT2D eigenvalue weighted by Crippen LogP contribution is -2.68. The van der Waals surface area contributed by atoms with Crippen molar-refractivity contribution in [3.8, 4) is 11.5 Å². The van der Waals surface area contributed by atoms with E-state index in [0.717, 1.165) is 31.7 Å². The van der Waals surface area contributed by atoms with E-state index in [2.05, 4.69) is 17.9 Å². The molecule has 5 aliphatic rings. The molecule has 2 bridgehead atoms. The van der Waals surface area contributed by atoms with E-state index in [0.29, 0.717) is 30.0 Å². The number of benzene rings is 1. The number of aromatic hydroxyl groups is 1. The summed E-state index contributed by atoms with van der Waals surface area (Å²) in [5.74, 6) is 2.91. The van der Waals surface area contributed by atoms with Gasteiger partial charge in [-0.15, -0.1) is 0 Å². The second-order valence-corrected chi connectivity index (χ2v) is 9.31. The molecule has 1 spiro atoms. The molecule has 3 aliphatic carbocycles. The molecule has 1 saturated heterocycles. The van der Waals surface area contributed by atoms with Crippen molar-refractivity contribution >= 4 is 5.78 Å². The number of ketones is 1. The third-order valence-corrected chi connectivity index (χ3v) is 8.09. The molecule has 2 heterocycles. The maximum absolute atomic E-state index is 13.0. The quantitative estimate of drug-likeness (QED) is 0.907. The van der Waals surface area contributed by atoms with E-state index in [-0.39, 0.29) is 23.1 Å². The van der Waals surface area contributed by atoms with Crippen LogP contribution in [0.1, 0.15) is 50.2 Å². The van der Waals surface area contributed by atoms with Crippen molar-refractivity contribution in [2.24, 2.45) is 17.8 Å². The predicted molar refractivity (Wildman–Crippen MR) is 97.5 cm³/mol. The van der Waals surface area contributed by atoms with Crippen LogP contribution >= 0.6 is 0 Å². The van der Waals surface area contributed by atoms with Crippen LogP contribution in [0.25, 0.3) is 0 Å². The van der Waals surface area contributed by atoms with Crippen molar-refractivity contribution in [2.75, 3.05) is 13.1 Å². The molecular formula is C22H27NO3. The van der Waals surface area contributed by atoms with Gasteiger partial charge in [0, 0.05) is 30.0 Å². The first-order chi connectivity index (χ1) is 12.6. The highest BCUT2D eigenvalue weighted by atomic mass is 16.5. The van der Waals surface area contributed by atoms with Gasteiger partial charge < -0.3 is 9.84 Å². The number of carbonyl (C=O) groups excluding carboxylic acids is 1. The van der Waals surface area contributed by atoms with Gasteiger partial charge in [-0.2, -0.15) is 0 Å². The maximum atomic E-state index is 13.0. The van der Waals surface area contributed by atoms with E-state index in [1.165, 1.54) is 30.5 Å². The first-order valence-corrected chi connectivity index (χ1v) is 10.4. The number of carbonyl (C=O) groups is 1. The minimum Gasteiger partial charge on any atom is -0.504 e. The predicted octanol–water partition coefficient (Wildman–Crippen LogP) is 3.05. The first-order valence-electron chi connectivity index (χ1n) is 10.4. The Labute approximate surface area is 154 Å². The molecular weight excluding hydrogens is 326 g/mol. The Morgan fingerprint density at radius 2 is 2.15 bits per heavy atom. The van der Waals surface area contributed by atoms with Crippen LogP contribution in [0.15, 0.2) is 12.1 Å². The number of likely N-dealkylation sites (tertiary alicyclic amines) is 1. The van der Waals surface area contributed by atoms with Gasteiger partial charge >= 0.3 is 0 Å². The van der Waals surface area contributed by atoms with Crippen LogP contribution in [0.2, 0.25) is 0 Å². The molecule has 4 nitrogen and oxygen atoms in total. The summed E-state index contributed by atoms with van der Waals surface area (Å²) in [6, 6.07) is 4.38. The second-order valence-electron chi connectivity index (χ2n) is 9.31. The SMILES string of the molecule is CC[C@H]1CC(=O)[C@H]2Oc3c(O)ccc4c3[C@@]23CCN(CC2CC2)[C@H](C4)[C@H]13. The van der Waals surface area contributed by atoms with E-state index >= 15 is 0 Å². The number of rotatable bonds is 3. The molecule has 26 heavy (non-hydrogen) atoms. The van der Waals surface area contributed by atoms with E-state index < -0.39 is 0 Å². The van der Waals surface area contributed by atoms with Crippen LogP contribution < -0.4 is 4.74 Å². The van der Waals surface area contributed by atoms with Gasteiger partial charge in [0.25, 0.3) is 0 Å². The molecule has 1 N–H and O–H groups in total. The zero-order valence-electron chi connectivity index (χ0n) is 15.4. The fourth-order valence-electron chi connectivity index (χ4n) is 6.91. The van der Waals surface area contributed by atoms with Gasteiger partial charge in [0.1, 0.15) is 0 Å². The summed E-state index contributed by atoms with van der Waals surface area (Å²) in [6.45, 7) is 4.54. The topological polar surface area (TPSA) is 49.8 Å². The van der Waals surface area contributed by atoms with Gasteiger partial charge in [-0.05, 0) is 61.6 Å². The van der Waals surface area contributed by atoms with Crippen molar-refractivity contribution in [3.05, 3.63) is 23.3 Å². The van der Waals surface area contributed by atoms with Gasteiger partial charge in [-0.25, -0.2) is 0 Å². The Morgan fingerprint density at radius 3 is 2.92 bits per heavy atom. The van der Waals surface area contributed by atoms with Crippen molar-refractivity contribution in [3.63, 3.8) is 0 Å². The number of phenols is 1. The number of nitrogens with zero attached hydrogens (tertiary/aromatic N) is 1. The highest BCUT2D eigenvalue weighted by Crippen LogP contribution is 2.64. The Balaban J connectivity index is 1.55. The summed E-state index contributed by atoms with van der Waals surface area (Å²) < 4.78 is 6.23. The van der Waals surface area contributed by atoms with Crippen molar-refractivity contribution in [1.82, 2.24) is 4.90 Å². The fraction of sp³-hybridized carbons (Fsp3) is 0.682. The van der Waals surface area contributed by atoms with Crippen LogP contribution in [0.4, 0.5) is 0 Å². The highest BCUT2D eigenvalue weighted by Gasteiger charge is 2.68. The Kier molecular flexibility index (Phi) is 3.00. The molecule has 6 rings (SSSR count).